The Hall–Kier alpha value is -1.55. The average Bonchev–Trinajstić information content (AvgIpc) is 2.42. The predicted octanol–water partition coefficient (Wildman–Crippen LogP) is 4.03. The molecule has 0 spiro atoms. The summed E-state index contributed by atoms with van der Waals surface area (Å²) in [5.74, 6) is 0. The highest BCUT2D eigenvalue weighted by molar-refractivity contribution is 5.68. The van der Waals surface area contributed by atoms with E-state index >= 15 is 0 Å². The molecule has 2 atom stereocenters. The van der Waals surface area contributed by atoms with Crippen molar-refractivity contribution in [1.29, 1.82) is 0 Å². The molecule has 1 aromatic carbocycles. The number of carbonyl (C=O) groups is 1. The molecule has 0 bridgehead atoms. The number of hydrogen-bond acceptors (Lipinski definition) is 3. The maximum absolute atomic E-state index is 11.7. The monoisotopic (exact) mass is 306 g/mol. The number of benzene rings is 1. The van der Waals surface area contributed by atoms with E-state index in [2.05, 4.69) is 41.8 Å². The van der Waals surface area contributed by atoms with Gasteiger partial charge in [-0.1, -0.05) is 43.7 Å². The van der Waals surface area contributed by atoms with Crippen LogP contribution in [0.3, 0.4) is 0 Å². The molecule has 0 radical (unpaired) electrons. The van der Waals surface area contributed by atoms with Crippen LogP contribution in [0.2, 0.25) is 0 Å². The molecule has 0 aliphatic heterocycles. The van der Waals surface area contributed by atoms with Crippen molar-refractivity contribution < 1.29 is 9.53 Å². The predicted molar refractivity (Wildman–Crippen MR) is 90.9 cm³/mol. The van der Waals surface area contributed by atoms with Gasteiger partial charge in [-0.2, -0.15) is 0 Å². The van der Waals surface area contributed by atoms with Crippen LogP contribution >= 0.6 is 0 Å². The maximum Gasteiger partial charge on any atom is 0.407 e. The highest BCUT2D eigenvalue weighted by atomic mass is 16.6. The Morgan fingerprint density at radius 1 is 1.23 bits per heavy atom. The Morgan fingerprint density at radius 3 is 2.41 bits per heavy atom. The molecule has 4 nitrogen and oxygen atoms in total. The zero-order chi connectivity index (χ0) is 16.6. The van der Waals surface area contributed by atoms with E-state index in [0.717, 1.165) is 12.8 Å². The van der Waals surface area contributed by atoms with Gasteiger partial charge in [0.15, 0.2) is 0 Å². The third kappa shape index (κ3) is 7.46. The van der Waals surface area contributed by atoms with E-state index < -0.39 is 5.60 Å². The van der Waals surface area contributed by atoms with Gasteiger partial charge in [0.1, 0.15) is 5.60 Å². The largest absolute Gasteiger partial charge is 0.444 e. The molecule has 124 valence electrons. The van der Waals surface area contributed by atoms with Crippen molar-refractivity contribution in [3.8, 4) is 0 Å². The lowest BCUT2D eigenvalue weighted by molar-refractivity contribution is 0.0507. The Bertz CT molecular complexity index is 440. The summed E-state index contributed by atoms with van der Waals surface area (Å²) in [5, 5.41) is 6.40. The zero-order valence-electron chi connectivity index (χ0n) is 14.5. The van der Waals surface area contributed by atoms with Crippen LogP contribution in [0.25, 0.3) is 0 Å². The van der Waals surface area contributed by atoms with Crippen molar-refractivity contribution in [2.24, 2.45) is 0 Å². The molecular weight excluding hydrogens is 276 g/mol. The zero-order valence-corrected chi connectivity index (χ0v) is 14.5. The lowest BCUT2D eigenvalue weighted by Crippen LogP contribution is -2.43. The summed E-state index contributed by atoms with van der Waals surface area (Å²) < 4.78 is 5.27. The van der Waals surface area contributed by atoms with Gasteiger partial charge in [0, 0.05) is 18.6 Å². The Kier molecular flexibility index (Phi) is 7.39. The average molecular weight is 306 g/mol. The van der Waals surface area contributed by atoms with Crippen LogP contribution < -0.4 is 10.6 Å². The minimum absolute atomic E-state index is 0.0120. The second-order valence-corrected chi connectivity index (χ2v) is 6.71. The van der Waals surface area contributed by atoms with Crippen molar-refractivity contribution in [2.45, 2.75) is 65.1 Å². The summed E-state index contributed by atoms with van der Waals surface area (Å²) >= 11 is 0. The van der Waals surface area contributed by atoms with Crippen molar-refractivity contribution >= 4 is 6.09 Å². The van der Waals surface area contributed by atoms with Crippen molar-refractivity contribution in [1.82, 2.24) is 10.6 Å². The van der Waals surface area contributed by atoms with E-state index in [4.69, 9.17) is 4.74 Å². The van der Waals surface area contributed by atoms with Crippen LogP contribution in [0.4, 0.5) is 4.79 Å². The van der Waals surface area contributed by atoms with E-state index in [1.54, 1.807) is 0 Å². The van der Waals surface area contributed by atoms with Gasteiger partial charge in [0.05, 0.1) is 0 Å². The summed E-state index contributed by atoms with van der Waals surface area (Å²) in [6.07, 6.45) is 1.82. The lowest BCUT2D eigenvalue weighted by atomic mass is 10.0. The number of amides is 1. The molecule has 1 amide bonds. The van der Waals surface area contributed by atoms with Crippen LogP contribution in [0.1, 0.15) is 59.1 Å². The molecule has 0 heterocycles. The highest BCUT2D eigenvalue weighted by Gasteiger charge is 2.18. The van der Waals surface area contributed by atoms with Crippen LogP contribution in [0.15, 0.2) is 30.3 Å². The van der Waals surface area contributed by atoms with E-state index in [0.29, 0.717) is 12.6 Å². The first-order chi connectivity index (χ1) is 10.3. The lowest BCUT2D eigenvalue weighted by Gasteiger charge is -2.24. The van der Waals surface area contributed by atoms with Crippen molar-refractivity contribution in [3.63, 3.8) is 0 Å². The molecule has 4 heteroatoms. The second kappa shape index (κ2) is 8.79. The fourth-order valence-corrected chi connectivity index (χ4v) is 2.24. The minimum Gasteiger partial charge on any atom is -0.444 e. The molecule has 2 unspecified atom stereocenters. The van der Waals surface area contributed by atoms with E-state index in [1.807, 2.05) is 33.8 Å². The third-order valence-electron chi connectivity index (χ3n) is 3.21. The first-order valence-electron chi connectivity index (χ1n) is 8.09. The summed E-state index contributed by atoms with van der Waals surface area (Å²) in [7, 11) is 0. The first-order valence-corrected chi connectivity index (χ1v) is 8.09. The van der Waals surface area contributed by atoms with Crippen LogP contribution in [0.5, 0.6) is 0 Å². The SMILES string of the molecule is CCCC(NCC(C)NC(=O)OC(C)(C)C)c1ccccc1. The van der Waals surface area contributed by atoms with Gasteiger partial charge < -0.3 is 15.4 Å². The topological polar surface area (TPSA) is 50.4 Å². The molecular formula is C18H30N2O2. The normalized spacial score (nSPS) is 14.2. The van der Waals surface area contributed by atoms with Gasteiger partial charge in [0.2, 0.25) is 0 Å². The number of alkyl carbamates (subject to hydrolysis) is 1. The van der Waals surface area contributed by atoms with Gasteiger partial charge in [-0.05, 0) is 39.7 Å². The summed E-state index contributed by atoms with van der Waals surface area (Å²) in [5.41, 5.74) is 0.820. The molecule has 0 fully saturated rings. The van der Waals surface area contributed by atoms with Gasteiger partial charge in [-0.3, -0.25) is 0 Å². The molecule has 0 aliphatic carbocycles. The Morgan fingerprint density at radius 2 is 1.86 bits per heavy atom. The van der Waals surface area contributed by atoms with Crippen LogP contribution in [0, 0.1) is 0 Å². The Labute approximate surface area is 134 Å². The summed E-state index contributed by atoms with van der Waals surface area (Å²) in [6, 6.07) is 10.7. The van der Waals surface area contributed by atoms with E-state index in [1.165, 1.54) is 5.56 Å². The van der Waals surface area contributed by atoms with Crippen molar-refractivity contribution in [2.75, 3.05) is 6.54 Å². The number of rotatable bonds is 7. The number of carbonyl (C=O) groups excluding carboxylic acids is 1. The van der Waals surface area contributed by atoms with E-state index in [9.17, 15) is 4.79 Å². The van der Waals surface area contributed by atoms with E-state index in [-0.39, 0.29) is 12.1 Å². The first kappa shape index (κ1) is 18.5. The molecule has 1 aromatic rings. The fourth-order valence-electron chi connectivity index (χ4n) is 2.24. The second-order valence-electron chi connectivity index (χ2n) is 6.71. The number of nitrogens with one attached hydrogen (secondary N) is 2. The molecule has 22 heavy (non-hydrogen) atoms. The van der Waals surface area contributed by atoms with Crippen LogP contribution in [-0.4, -0.2) is 24.3 Å². The Balaban J connectivity index is 2.46. The number of hydrogen-bond donors (Lipinski definition) is 2. The molecule has 0 aromatic heterocycles. The molecule has 0 aliphatic rings. The van der Waals surface area contributed by atoms with Crippen LogP contribution in [-0.2, 0) is 4.74 Å². The van der Waals surface area contributed by atoms with Gasteiger partial charge in [0.25, 0.3) is 0 Å². The molecule has 1 rings (SSSR count). The van der Waals surface area contributed by atoms with Gasteiger partial charge in [-0.25, -0.2) is 4.79 Å². The highest BCUT2D eigenvalue weighted by Crippen LogP contribution is 2.17. The summed E-state index contributed by atoms with van der Waals surface area (Å²) in [6.45, 7) is 10.5. The molecule has 0 saturated carbocycles. The molecule has 0 saturated heterocycles. The fraction of sp³-hybridized carbons (Fsp3) is 0.611. The molecule has 2 N–H and O–H groups in total. The van der Waals surface area contributed by atoms with Gasteiger partial charge in [-0.15, -0.1) is 0 Å². The quantitative estimate of drug-likeness (QED) is 0.799. The third-order valence-corrected chi connectivity index (χ3v) is 3.21. The van der Waals surface area contributed by atoms with Crippen molar-refractivity contribution in [3.05, 3.63) is 35.9 Å². The van der Waals surface area contributed by atoms with Gasteiger partial charge >= 0.3 is 6.09 Å². The minimum atomic E-state index is -0.466. The maximum atomic E-state index is 11.7. The summed E-state index contributed by atoms with van der Waals surface area (Å²) in [4.78, 5) is 11.7. The standard InChI is InChI=1S/C18H30N2O2/c1-6-10-16(15-11-8-7-9-12-15)19-13-14(2)20-17(21)22-18(3,4)5/h7-9,11-12,14,16,19H,6,10,13H2,1-5H3,(H,20,21). The number of ether oxygens (including phenoxy) is 1. The smallest absolute Gasteiger partial charge is 0.407 e.